The van der Waals surface area contributed by atoms with Crippen molar-refractivity contribution in [2.45, 2.75) is 58.5 Å². The predicted molar refractivity (Wildman–Crippen MR) is 87.2 cm³/mol. The van der Waals surface area contributed by atoms with Crippen molar-refractivity contribution in [3.05, 3.63) is 42.5 Å². The Morgan fingerprint density at radius 1 is 1.20 bits per heavy atom. The number of ether oxygens (including phenoxy) is 1. The van der Waals surface area contributed by atoms with Gasteiger partial charge in [0.2, 0.25) is 0 Å². The van der Waals surface area contributed by atoms with Gasteiger partial charge in [0.15, 0.2) is 0 Å². The van der Waals surface area contributed by atoms with Gasteiger partial charge >= 0.3 is 0 Å². The van der Waals surface area contributed by atoms with Crippen LogP contribution in [0.2, 0.25) is 0 Å². The van der Waals surface area contributed by atoms with Crippen LogP contribution in [0.1, 0.15) is 51.5 Å². The maximum atomic E-state index is 5.47. The lowest BCUT2D eigenvalue weighted by atomic mass is 10.1. The summed E-state index contributed by atoms with van der Waals surface area (Å²) < 4.78 is 5.47. The van der Waals surface area contributed by atoms with E-state index in [1.165, 1.54) is 37.7 Å². The van der Waals surface area contributed by atoms with E-state index in [1.54, 1.807) is 6.08 Å². The van der Waals surface area contributed by atoms with E-state index in [9.17, 15) is 0 Å². The molecule has 0 heterocycles. The number of benzene rings is 1. The summed E-state index contributed by atoms with van der Waals surface area (Å²) in [5, 5.41) is 3.58. The molecule has 1 N–H and O–H groups in total. The van der Waals surface area contributed by atoms with Crippen molar-refractivity contribution in [1.29, 1.82) is 0 Å². The topological polar surface area (TPSA) is 21.3 Å². The van der Waals surface area contributed by atoms with Gasteiger partial charge < -0.3 is 10.1 Å². The van der Waals surface area contributed by atoms with Gasteiger partial charge in [-0.1, -0.05) is 57.4 Å². The molecule has 1 unspecified atom stereocenters. The van der Waals surface area contributed by atoms with Gasteiger partial charge in [0.05, 0.1) is 0 Å². The number of unbranched alkanes of at least 4 members (excludes halogenated alkanes) is 3. The summed E-state index contributed by atoms with van der Waals surface area (Å²) in [5.74, 6) is 0.904. The summed E-state index contributed by atoms with van der Waals surface area (Å²) in [7, 11) is 0. The minimum absolute atomic E-state index is 0.562. The molecule has 0 spiro atoms. The van der Waals surface area contributed by atoms with Gasteiger partial charge in [-0.2, -0.15) is 0 Å². The molecular weight excluding hydrogens is 246 g/mol. The third-order valence-electron chi connectivity index (χ3n) is 3.44. The Morgan fingerprint density at radius 3 is 2.60 bits per heavy atom. The number of rotatable bonds is 11. The molecule has 0 aliphatic rings. The lowest BCUT2D eigenvalue weighted by Gasteiger charge is -2.14. The molecule has 0 aliphatic heterocycles. The number of nitrogens with one attached hydrogen (secondary N) is 1. The van der Waals surface area contributed by atoms with Crippen molar-refractivity contribution >= 4 is 0 Å². The molecule has 0 aromatic heterocycles. The molecule has 2 nitrogen and oxygen atoms in total. The van der Waals surface area contributed by atoms with Gasteiger partial charge in [0, 0.05) is 12.6 Å². The Morgan fingerprint density at radius 2 is 1.95 bits per heavy atom. The fourth-order valence-electron chi connectivity index (χ4n) is 2.13. The summed E-state index contributed by atoms with van der Waals surface area (Å²) in [6.45, 7) is 9.66. The van der Waals surface area contributed by atoms with Gasteiger partial charge in [0.25, 0.3) is 0 Å². The van der Waals surface area contributed by atoms with Crippen LogP contribution in [0.25, 0.3) is 0 Å². The van der Waals surface area contributed by atoms with Crippen LogP contribution in [0.4, 0.5) is 0 Å². The van der Waals surface area contributed by atoms with E-state index < -0.39 is 0 Å². The Bertz CT molecular complexity index is 358. The Hall–Kier alpha value is -1.28. The summed E-state index contributed by atoms with van der Waals surface area (Å²) >= 11 is 0. The first-order valence-electron chi connectivity index (χ1n) is 7.82. The highest BCUT2D eigenvalue weighted by Crippen LogP contribution is 2.12. The van der Waals surface area contributed by atoms with E-state index in [0.717, 1.165) is 12.3 Å². The second-order valence-corrected chi connectivity index (χ2v) is 5.37. The van der Waals surface area contributed by atoms with Crippen LogP contribution in [0.3, 0.4) is 0 Å². The minimum Gasteiger partial charge on any atom is -0.490 e. The average molecular weight is 275 g/mol. The van der Waals surface area contributed by atoms with Gasteiger partial charge in [-0.25, -0.2) is 0 Å². The van der Waals surface area contributed by atoms with Crippen molar-refractivity contribution < 1.29 is 4.74 Å². The zero-order valence-corrected chi connectivity index (χ0v) is 13.0. The lowest BCUT2D eigenvalue weighted by molar-refractivity contribution is 0.363. The molecule has 0 aliphatic carbocycles. The second kappa shape index (κ2) is 10.5. The molecule has 0 saturated carbocycles. The highest BCUT2D eigenvalue weighted by atomic mass is 16.5. The van der Waals surface area contributed by atoms with Crippen LogP contribution in [0, 0.1) is 0 Å². The average Bonchev–Trinajstić information content (AvgIpc) is 2.48. The Labute approximate surface area is 124 Å². The van der Waals surface area contributed by atoms with Crippen molar-refractivity contribution in [3.8, 4) is 5.75 Å². The quantitative estimate of drug-likeness (QED) is 0.467. The second-order valence-electron chi connectivity index (χ2n) is 5.37. The van der Waals surface area contributed by atoms with E-state index in [0.29, 0.717) is 12.6 Å². The monoisotopic (exact) mass is 275 g/mol. The van der Waals surface area contributed by atoms with Crippen LogP contribution >= 0.6 is 0 Å². The van der Waals surface area contributed by atoms with Crippen LogP contribution in [-0.4, -0.2) is 12.6 Å². The summed E-state index contributed by atoms with van der Waals surface area (Å²) in [6.07, 6.45) is 8.38. The molecule has 1 rings (SSSR count). The highest BCUT2D eigenvalue weighted by molar-refractivity contribution is 5.27. The maximum absolute atomic E-state index is 5.47. The zero-order valence-electron chi connectivity index (χ0n) is 13.0. The number of hydrogen-bond acceptors (Lipinski definition) is 2. The highest BCUT2D eigenvalue weighted by Gasteiger charge is 2.01. The molecule has 1 aromatic rings. The van der Waals surface area contributed by atoms with E-state index in [-0.39, 0.29) is 0 Å². The van der Waals surface area contributed by atoms with E-state index in [4.69, 9.17) is 4.74 Å². The molecule has 2 heteroatoms. The summed E-state index contributed by atoms with van der Waals surface area (Å²) in [6, 6.07) is 8.87. The molecule has 112 valence electrons. The van der Waals surface area contributed by atoms with Crippen molar-refractivity contribution in [1.82, 2.24) is 5.32 Å². The first-order chi connectivity index (χ1) is 9.76. The van der Waals surface area contributed by atoms with Crippen LogP contribution < -0.4 is 10.1 Å². The van der Waals surface area contributed by atoms with E-state index in [2.05, 4.69) is 37.9 Å². The smallest absolute Gasteiger partial charge is 0.119 e. The Balaban J connectivity index is 2.21. The third kappa shape index (κ3) is 7.34. The predicted octanol–water partition coefficient (Wildman–Crippen LogP) is 4.70. The Kier molecular flexibility index (Phi) is 8.81. The molecule has 1 aromatic carbocycles. The molecule has 0 fully saturated rings. The standard InChI is InChI=1S/C18H29NO/c1-4-6-7-8-9-16(3)19-15-17-10-12-18(13-11-17)20-14-5-2/h5,10-13,16,19H,2,4,6-9,14-15H2,1,3H3. The van der Waals surface area contributed by atoms with E-state index >= 15 is 0 Å². The van der Waals surface area contributed by atoms with Crippen molar-refractivity contribution in [2.75, 3.05) is 6.61 Å². The molecule has 20 heavy (non-hydrogen) atoms. The molecule has 0 amide bonds. The van der Waals surface area contributed by atoms with Crippen LogP contribution in [-0.2, 0) is 6.54 Å². The minimum atomic E-state index is 0.562. The largest absolute Gasteiger partial charge is 0.490 e. The van der Waals surface area contributed by atoms with Gasteiger partial charge in [0.1, 0.15) is 12.4 Å². The van der Waals surface area contributed by atoms with Gasteiger partial charge in [-0.15, -0.1) is 0 Å². The SMILES string of the molecule is C=CCOc1ccc(CNC(C)CCCCCC)cc1. The fraction of sp³-hybridized carbons (Fsp3) is 0.556. The van der Waals surface area contributed by atoms with Crippen LogP contribution in [0.15, 0.2) is 36.9 Å². The first-order valence-corrected chi connectivity index (χ1v) is 7.82. The lowest BCUT2D eigenvalue weighted by Crippen LogP contribution is -2.25. The van der Waals surface area contributed by atoms with Crippen LogP contribution in [0.5, 0.6) is 5.75 Å². The third-order valence-corrected chi connectivity index (χ3v) is 3.44. The molecular formula is C18H29NO. The fourth-order valence-corrected chi connectivity index (χ4v) is 2.13. The maximum Gasteiger partial charge on any atom is 0.119 e. The normalized spacial score (nSPS) is 12.1. The van der Waals surface area contributed by atoms with Gasteiger partial charge in [-0.05, 0) is 31.0 Å². The van der Waals surface area contributed by atoms with E-state index in [1.807, 2.05) is 12.1 Å². The molecule has 0 bridgehead atoms. The molecule has 0 radical (unpaired) electrons. The van der Waals surface area contributed by atoms with Gasteiger partial charge in [-0.3, -0.25) is 0 Å². The van der Waals surface area contributed by atoms with Crippen molar-refractivity contribution in [3.63, 3.8) is 0 Å². The molecule has 1 atom stereocenters. The summed E-state index contributed by atoms with van der Waals surface area (Å²) in [4.78, 5) is 0. The first kappa shape index (κ1) is 16.8. The summed E-state index contributed by atoms with van der Waals surface area (Å²) in [5.41, 5.74) is 1.30. The number of hydrogen-bond donors (Lipinski definition) is 1. The molecule has 0 saturated heterocycles. The zero-order chi connectivity index (χ0) is 14.6. The van der Waals surface area contributed by atoms with Crippen molar-refractivity contribution in [2.24, 2.45) is 0 Å².